The zero-order chi connectivity index (χ0) is 11.8. The van der Waals surface area contributed by atoms with E-state index in [9.17, 15) is 4.79 Å². The van der Waals surface area contributed by atoms with Gasteiger partial charge in [0, 0.05) is 6.42 Å². The molecule has 0 aliphatic rings. The Labute approximate surface area is 93.7 Å². The van der Waals surface area contributed by atoms with Crippen LogP contribution in [-0.4, -0.2) is 35.6 Å². The Morgan fingerprint density at radius 2 is 2.06 bits per heavy atom. The van der Waals surface area contributed by atoms with Gasteiger partial charge in [-0.05, 0) is 12.1 Å². The largest absolute Gasteiger partial charge is 0.494 e. The highest BCUT2D eigenvalue weighted by Crippen LogP contribution is 2.08. The molecule has 5 nitrogen and oxygen atoms in total. The van der Waals surface area contributed by atoms with Gasteiger partial charge in [0.15, 0.2) is 0 Å². The molecule has 0 aromatic heterocycles. The van der Waals surface area contributed by atoms with Crippen LogP contribution in [0.15, 0.2) is 30.3 Å². The molecule has 1 rings (SSSR count). The Balaban J connectivity index is 2.26. The molecule has 0 unspecified atom stereocenters. The van der Waals surface area contributed by atoms with Gasteiger partial charge in [-0.15, -0.1) is 0 Å². The average molecular weight is 225 g/mol. The third-order valence-corrected chi connectivity index (χ3v) is 2.03. The van der Waals surface area contributed by atoms with E-state index in [0.29, 0.717) is 13.0 Å². The van der Waals surface area contributed by atoms with Gasteiger partial charge in [0.25, 0.3) is 0 Å². The van der Waals surface area contributed by atoms with Crippen LogP contribution < -0.4 is 10.1 Å². The minimum Gasteiger partial charge on any atom is -0.494 e. The molecule has 0 aliphatic carbocycles. The molecular formula is C11H15NO4. The van der Waals surface area contributed by atoms with Gasteiger partial charge in [-0.1, -0.05) is 18.2 Å². The minimum atomic E-state index is -1.14. The summed E-state index contributed by atoms with van der Waals surface area (Å²) < 4.78 is 5.38. The number of carboxylic acid groups (broad SMARTS) is 1. The zero-order valence-electron chi connectivity index (χ0n) is 8.80. The maximum absolute atomic E-state index is 10.3. The number of hydrogen-bond donors (Lipinski definition) is 3. The number of ether oxygens (including phenoxy) is 1. The summed E-state index contributed by atoms with van der Waals surface area (Å²) in [5.41, 5.74) is 0. The quantitative estimate of drug-likeness (QED) is 0.677. The van der Waals surface area contributed by atoms with E-state index in [1.807, 2.05) is 30.3 Å². The third kappa shape index (κ3) is 4.65. The number of carbonyl (C=O) groups is 1. The lowest BCUT2D eigenvalue weighted by Crippen LogP contribution is -2.37. The van der Waals surface area contributed by atoms with Crippen molar-refractivity contribution in [3.63, 3.8) is 0 Å². The van der Waals surface area contributed by atoms with E-state index in [2.05, 4.69) is 5.32 Å². The smallest absolute Gasteiger partial charge is 0.404 e. The molecule has 88 valence electrons. The van der Waals surface area contributed by atoms with Crippen LogP contribution in [0.2, 0.25) is 0 Å². The maximum Gasteiger partial charge on any atom is 0.404 e. The standard InChI is InChI=1S/C11H15NO4/c13-8-9(12-11(14)15)6-7-16-10-4-2-1-3-5-10/h1-5,9,12-13H,6-8H2,(H,14,15)/t9-/m0/s1. The average Bonchev–Trinajstić information content (AvgIpc) is 2.28. The maximum atomic E-state index is 10.3. The molecular weight excluding hydrogens is 210 g/mol. The van der Waals surface area contributed by atoms with Crippen molar-refractivity contribution in [2.45, 2.75) is 12.5 Å². The van der Waals surface area contributed by atoms with Crippen molar-refractivity contribution in [2.75, 3.05) is 13.2 Å². The first kappa shape index (κ1) is 12.3. The molecule has 0 radical (unpaired) electrons. The summed E-state index contributed by atoms with van der Waals surface area (Å²) in [6.07, 6.45) is -0.712. The Bertz CT molecular complexity index is 315. The van der Waals surface area contributed by atoms with Crippen LogP contribution in [-0.2, 0) is 0 Å². The fourth-order valence-electron chi connectivity index (χ4n) is 1.22. The monoisotopic (exact) mass is 225 g/mol. The number of amides is 1. The van der Waals surface area contributed by atoms with Crippen LogP contribution in [0.3, 0.4) is 0 Å². The molecule has 1 aromatic rings. The van der Waals surface area contributed by atoms with Crippen molar-refractivity contribution < 1.29 is 19.7 Å². The molecule has 1 aromatic carbocycles. The van der Waals surface area contributed by atoms with Crippen LogP contribution in [0.1, 0.15) is 6.42 Å². The van der Waals surface area contributed by atoms with E-state index in [0.717, 1.165) is 5.75 Å². The Hall–Kier alpha value is -1.75. The highest BCUT2D eigenvalue weighted by molar-refractivity contribution is 5.64. The molecule has 0 saturated heterocycles. The highest BCUT2D eigenvalue weighted by atomic mass is 16.5. The SMILES string of the molecule is O=C(O)N[C@H](CO)CCOc1ccccc1. The normalized spacial score (nSPS) is 11.8. The number of hydrogen-bond acceptors (Lipinski definition) is 3. The first-order valence-corrected chi connectivity index (χ1v) is 5.00. The summed E-state index contributed by atoms with van der Waals surface area (Å²) in [6.45, 7) is 0.125. The molecule has 0 saturated carbocycles. The van der Waals surface area contributed by atoms with E-state index >= 15 is 0 Å². The number of rotatable bonds is 6. The van der Waals surface area contributed by atoms with Gasteiger partial charge in [0.05, 0.1) is 19.3 Å². The Kier molecular flexibility index (Phi) is 5.15. The van der Waals surface area contributed by atoms with Crippen LogP contribution in [0.25, 0.3) is 0 Å². The van der Waals surface area contributed by atoms with E-state index in [4.69, 9.17) is 14.9 Å². The molecule has 16 heavy (non-hydrogen) atoms. The minimum absolute atomic E-state index is 0.232. The third-order valence-electron chi connectivity index (χ3n) is 2.03. The van der Waals surface area contributed by atoms with Crippen LogP contribution in [0, 0.1) is 0 Å². The molecule has 0 bridgehead atoms. The first-order chi connectivity index (χ1) is 7.72. The number of aliphatic hydroxyl groups is 1. The molecule has 0 heterocycles. The van der Waals surface area contributed by atoms with Gasteiger partial charge in [-0.2, -0.15) is 0 Å². The molecule has 0 fully saturated rings. The van der Waals surface area contributed by atoms with Gasteiger partial charge in [-0.3, -0.25) is 0 Å². The van der Waals surface area contributed by atoms with Crippen molar-refractivity contribution in [2.24, 2.45) is 0 Å². The summed E-state index contributed by atoms with van der Waals surface area (Å²) in [4.78, 5) is 10.3. The van der Waals surface area contributed by atoms with E-state index in [1.165, 1.54) is 0 Å². The topological polar surface area (TPSA) is 78.8 Å². The summed E-state index contributed by atoms with van der Waals surface area (Å²) in [6, 6.07) is 8.75. The summed E-state index contributed by atoms with van der Waals surface area (Å²) in [5, 5.41) is 19.6. The molecule has 0 spiro atoms. The van der Waals surface area contributed by atoms with Gasteiger partial charge >= 0.3 is 6.09 Å². The molecule has 1 amide bonds. The van der Waals surface area contributed by atoms with Crippen molar-refractivity contribution in [3.8, 4) is 5.75 Å². The summed E-state index contributed by atoms with van der Waals surface area (Å²) in [7, 11) is 0. The summed E-state index contributed by atoms with van der Waals surface area (Å²) >= 11 is 0. The molecule has 3 N–H and O–H groups in total. The van der Waals surface area contributed by atoms with Crippen molar-refractivity contribution in [3.05, 3.63) is 30.3 Å². The van der Waals surface area contributed by atoms with Gasteiger partial charge in [0.2, 0.25) is 0 Å². The second-order valence-electron chi connectivity index (χ2n) is 3.28. The number of nitrogens with one attached hydrogen (secondary N) is 1. The van der Waals surface area contributed by atoms with E-state index < -0.39 is 12.1 Å². The highest BCUT2D eigenvalue weighted by Gasteiger charge is 2.09. The van der Waals surface area contributed by atoms with Gasteiger partial charge < -0.3 is 20.3 Å². The fraction of sp³-hybridized carbons (Fsp3) is 0.364. The zero-order valence-corrected chi connectivity index (χ0v) is 8.80. The van der Waals surface area contributed by atoms with E-state index in [-0.39, 0.29) is 6.61 Å². The lowest BCUT2D eigenvalue weighted by Gasteiger charge is -2.14. The number of para-hydroxylation sites is 1. The molecule has 1 atom stereocenters. The predicted molar refractivity (Wildman–Crippen MR) is 58.6 cm³/mol. The second kappa shape index (κ2) is 6.68. The summed E-state index contributed by atoms with van der Waals surface area (Å²) in [5.74, 6) is 0.731. The van der Waals surface area contributed by atoms with E-state index in [1.54, 1.807) is 0 Å². The van der Waals surface area contributed by atoms with Crippen LogP contribution >= 0.6 is 0 Å². The predicted octanol–water partition coefficient (Wildman–Crippen LogP) is 1.08. The van der Waals surface area contributed by atoms with Crippen molar-refractivity contribution in [1.29, 1.82) is 0 Å². The molecule has 5 heteroatoms. The molecule has 0 aliphatic heterocycles. The van der Waals surface area contributed by atoms with Crippen LogP contribution in [0.4, 0.5) is 4.79 Å². The Morgan fingerprint density at radius 3 is 2.62 bits per heavy atom. The second-order valence-corrected chi connectivity index (χ2v) is 3.28. The van der Waals surface area contributed by atoms with Crippen molar-refractivity contribution in [1.82, 2.24) is 5.32 Å². The van der Waals surface area contributed by atoms with Gasteiger partial charge in [-0.25, -0.2) is 4.79 Å². The van der Waals surface area contributed by atoms with Crippen LogP contribution in [0.5, 0.6) is 5.75 Å². The number of aliphatic hydroxyl groups excluding tert-OH is 1. The lowest BCUT2D eigenvalue weighted by atomic mass is 10.2. The van der Waals surface area contributed by atoms with Gasteiger partial charge in [0.1, 0.15) is 5.75 Å². The fourth-order valence-corrected chi connectivity index (χ4v) is 1.22. The van der Waals surface area contributed by atoms with Crippen molar-refractivity contribution >= 4 is 6.09 Å². The first-order valence-electron chi connectivity index (χ1n) is 5.00. The number of benzene rings is 1. The lowest BCUT2D eigenvalue weighted by molar-refractivity contribution is 0.169. The Morgan fingerprint density at radius 1 is 1.38 bits per heavy atom.